The standard InChI is InChI=1S/C19H18O4/c1-22-17(20)12-11-15-18(21)14-9-5-6-10-16(14)23-19(15)13-7-3-2-4-8-13/h2-10,15,19H,11-12H2,1H3. The number of carbonyl (C=O) groups excluding carboxylic acids is 2. The van der Waals surface area contributed by atoms with Gasteiger partial charge in [0.2, 0.25) is 0 Å². The fraction of sp³-hybridized carbons (Fsp3) is 0.263. The van der Waals surface area contributed by atoms with Crippen LogP contribution in [0.25, 0.3) is 0 Å². The molecule has 2 unspecified atom stereocenters. The Labute approximate surface area is 135 Å². The molecule has 1 aliphatic rings. The molecular formula is C19H18O4. The number of rotatable bonds is 4. The van der Waals surface area contributed by atoms with Crippen molar-refractivity contribution in [3.05, 3.63) is 65.7 Å². The summed E-state index contributed by atoms with van der Waals surface area (Å²) in [5, 5.41) is 0. The summed E-state index contributed by atoms with van der Waals surface area (Å²) in [4.78, 5) is 24.3. The fourth-order valence-corrected chi connectivity index (χ4v) is 2.93. The third-order valence-corrected chi connectivity index (χ3v) is 4.12. The van der Waals surface area contributed by atoms with Gasteiger partial charge in [0.15, 0.2) is 5.78 Å². The summed E-state index contributed by atoms with van der Waals surface area (Å²) >= 11 is 0. The van der Waals surface area contributed by atoms with Crippen LogP contribution in [0.3, 0.4) is 0 Å². The molecule has 0 aliphatic carbocycles. The number of esters is 1. The average molecular weight is 310 g/mol. The van der Waals surface area contributed by atoms with Crippen LogP contribution in [0, 0.1) is 5.92 Å². The predicted molar refractivity (Wildman–Crippen MR) is 85.3 cm³/mol. The summed E-state index contributed by atoms with van der Waals surface area (Å²) in [7, 11) is 1.35. The maximum Gasteiger partial charge on any atom is 0.305 e. The summed E-state index contributed by atoms with van der Waals surface area (Å²) in [6, 6.07) is 16.9. The van der Waals surface area contributed by atoms with Gasteiger partial charge >= 0.3 is 5.97 Å². The van der Waals surface area contributed by atoms with Crippen LogP contribution in [-0.4, -0.2) is 18.9 Å². The zero-order valence-corrected chi connectivity index (χ0v) is 12.9. The molecule has 0 N–H and O–H groups in total. The first-order chi connectivity index (χ1) is 11.2. The minimum Gasteiger partial charge on any atom is -0.484 e. The van der Waals surface area contributed by atoms with Gasteiger partial charge in [0, 0.05) is 6.42 Å². The van der Waals surface area contributed by atoms with Gasteiger partial charge in [-0.3, -0.25) is 9.59 Å². The van der Waals surface area contributed by atoms with E-state index in [0.29, 0.717) is 17.7 Å². The topological polar surface area (TPSA) is 52.6 Å². The van der Waals surface area contributed by atoms with Gasteiger partial charge in [0.1, 0.15) is 11.9 Å². The highest BCUT2D eigenvalue weighted by molar-refractivity contribution is 6.01. The molecule has 0 saturated carbocycles. The van der Waals surface area contributed by atoms with Gasteiger partial charge in [-0.1, -0.05) is 42.5 Å². The van der Waals surface area contributed by atoms with Crippen molar-refractivity contribution in [1.29, 1.82) is 0 Å². The molecule has 1 heterocycles. The molecule has 0 bridgehead atoms. The molecule has 2 atom stereocenters. The lowest BCUT2D eigenvalue weighted by Crippen LogP contribution is -2.32. The van der Waals surface area contributed by atoms with Crippen LogP contribution in [0.15, 0.2) is 54.6 Å². The van der Waals surface area contributed by atoms with Gasteiger partial charge in [0.05, 0.1) is 18.6 Å². The lowest BCUT2D eigenvalue weighted by Gasteiger charge is -2.32. The van der Waals surface area contributed by atoms with E-state index in [0.717, 1.165) is 5.56 Å². The molecule has 0 fully saturated rings. The van der Waals surface area contributed by atoms with Crippen LogP contribution in [0.2, 0.25) is 0 Å². The molecule has 2 aromatic rings. The van der Waals surface area contributed by atoms with Crippen molar-refractivity contribution in [1.82, 2.24) is 0 Å². The van der Waals surface area contributed by atoms with E-state index in [-0.39, 0.29) is 24.3 Å². The highest BCUT2D eigenvalue weighted by Gasteiger charge is 2.37. The van der Waals surface area contributed by atoms with E-state index in [2.05, 4.69) is 0 Å². The second-order valence-electron chi connectivity index (χ2n) is 5.53. The van der Waals surface area contributed by atoms with E-state index < -0.39 is 5.92 Å². The van der Waals surface area contributed by atoms with Crippen molar-refractivity contribution in [2.24, 2.45) is 5.92 Å². The Morgan fingerprint density at radius 1 is 1.09 bits per heavy atom. The monoisotopic (exact) mass is 310 g/mol. The average Bonchev–Trinajstić information content (AvgIpc) is 2.61. The molecule has 4 heteroatoms. The molecule has 0 amide bonds. The van der Waals surface area contributed by atoms with Crippen molar-refractivity contribution in [2.45, 2.75) is 18.9 Å². The second-order valence-corrected chi connectivity index (χ2v) is 5.53. The fourth-order valence-electron chi connectivity index (χ4n) is 2.93. The second kappa shape index (κ2) is 6.65. The van der Waals surface area contributed by atoms with Crippen molar-refractivity contribution >= 4 is 11.8 Å². The third-order valence-electron chi connectivity index (χ3n) is 4.12. The zero-order valence-electron chi connectivity index (χ0n) is 12.9. The maximum atomic E-state index is 12.9. The smallest absolute Gasteiger partial charge is 0.305 e. The van der Waals surface area contributed by atoms with Crippen molar-refractivity contribution in [2.75, 3.05) is 7.11 Å². The van der Waals surface area contributed by atoms with Crippen molar-refractivity contribution in [3.8, 4) is 5.75 Å². The molecule has 1 aliphatic heterocycles. The Bertz CT molecular complexity index is 708. The molecule has 0 spiro atoms. The molecule has 0 aromatic heterocycles. The number of ether oxygens (including phenoxy) is 2. The van der Waals surface area contributed by atoms with E-state index in [9.17, 15) is 9.59 Å². The normalized spacial score (nSPS) is 19.6. The van der Waals surface area contributed by atoms with E-state index in [1.165, 1.54) is 7.11 Å². The predicted octanol–water partition coefficient (Wildman–Crippen LogP) is 3.57. The lowest BCUT2D eigenvalue weighted by molar-refractivity contribution is -0.141. The number of fused-ring (bicyclic) bond motifs is 1. The summed E-state index contributed by atoms with van der Waals surface area (Å²) in [5.41, 5.74) is 1.51. The molecule has 0 saturated heterocycles. The Hall–Kier alpha value is -2.62. The van der Waals surface area contributed by atoms with Crippen LogP contribution >= 0.6 is 0 Å². The zero-order chi connectivity index (χ0) is 16.2. The molecular weight excluding hydrogens is 292 g/mol. The SMILES string of the molecule is COC(=O)CCC1C(=O)c2ccccc2OC1c1ccccc1. The van der Waals surface area contributed by atoms with Crippen molar-refractivity contribution < 1.29 is 19.1 Å². The number of hydrogen-bond acceptors (Lipinski definition) is 4. The lowest BCUT2D eigenvalue weighted by atomic mass is 9.83. The number of Topliss-reactive ketones (excluding diaryl/α,β-unsaturated/α-hetero) is 1. The van der Waals surface area contributed by atoms with Gasteiger partial charge in [-0.05, 0) is 24.1 Å². The first-order valence-electron chi connectivity index (χ1n) is 7.62. The maximum absolute atomic E-state index is 12.9. The van der Waals surface area contributed by atoms with E-state index >= 15 is 0 Å². The molecule has 3 rings (SSSR count). The Kier molecular flexibility index (Phi) is 4.42. The van der Waals surface area contributed by atoms with Gasteiger partial charge in [-0.2, -0.15) is 0 Å². The highest BCUT2D eigenvalue weighted by atomic mass is 16.5. The van der Waals surface area contributed by atoms with E-state index in [4.69, 9.17) is 9.47 Å². The van der Waals surface area contributed by atoms with Crippen molar-refractivity contribution in [3.63, 3.8) is 0 Å². The molecule has 23 heavy (non-hydrogen) atoms. The minimum absolute atomic E-state index is 0.0182. The van der Waals surface area contributed by atoms with Crippen LogP contribution in [0.1, 0.15) is 34.9 Å². The molecule has 2 aromatic carbocycles. The minimum atomic E-state index is -0.397. The first kappa shape index (κ1) is 15.3. The third kappa shape index (κ3) is 3.11. The Morgan fingerprint density at radius 2 is 1.78 bits per heavy atom. The van der Waals surface area contributed by atoms with Gasteiger partial charge in [-0.25, -0.2) is 0 Å². The number of hydrogen-bond donors (Lipinski definition) is 0. The van der Waals surface area contributed by atoms with Gasteiger partial charge in [-0.15, -0.1) is 0 Å². The number of carbonyl (C=O) groups is 2. The number of methoxy groups -OCH3 is 1. The van der Waals surface area contributed by atoms with Crippen LogP contribution in [0.4, 0.5) is 0 Å². The largest absolute Gasteiger partial charge is 0.484 e. The van der Waals surface area contributed by atoms with Gasteiger partial charge < -0.3 is 9.47 Å². The molecule has 4 nitrogen and oxygen atoms in total. The summed E-state index contributed by atoms with van der Waals surface area (Å²) < 4.78 is 10.8. The van der Waals surface area contributed by atoms with Crippen LogP contribution in [-0.2, 0) is 9.53 Å². The quantitative estimate of drug-likeness (QED) is 0.810. The summed E-state index contributed by atoms with van der Waals surface area (Å²) in [6.45, 7) is 0. The highest BCUT2D eigenvalue weighted by Crippen LogP contribution is 2.40. The first-order valence-corrected chi connectivity index (χ1v) is 7.62. The Balaban J connectivity index is 1.94. The molecule has 0 radical (unpaired) electrons. The number of ketones is 1. The van der Waals surface area contributed by atoms with Gasteiger partial charge in [0.25, 0.3) is 0 Å². The van der Waals surface area contributed by atoms with E-state index in [1.807, 2.05) is 42.5 Å². The molecule has 118 valence electrons. The van der Waals surface area contributed by atoms with E-state index in [1.54, 1.807) is 12.1 Å². The van der Waals surface area contributed by atoms with Crippen LogP contribution in [0.5, 0.6) is 5.75 Å². The Morgan fingerprint density at radius 3 is 2.52 bits per heavy atom. The summed E-state index contributed by atoms with van der Waals surface area (Å²) in [6.07, 6.45) is 0.213. The summed E-state index contributed by atoms with van der Waals surface area (Å²) in [5.74, 6) is -0.0971. The number of para-hydroxylation sites is 1. The van der Waals surface area contributed by atoms with Crippen LogP contribution < -0.4 is 4.74 Å². The number of benzene rings is 2.